The Bertz CT molecular complexity index is 663. The molecule has 0 radical (unpaired) electrons. The van der Waals surface area contributed by atoms with E-state index in [1.165, 1.54) is 75.3 Å². The molecule has 134 valence electrons. The fourth-order valence-electron chi connectivity index (χ4n) is 6.99. The highest BCUT2D eigenvalue weighted by Gasteiger charge is 2.52. The maximum atomic E-state index is 11.2. The molecule has 4 bridgehead atoms. The van der Waals surface area contributed by atoms with E-state index < -0.39 is 0 Å². The molecule has 0 unspecified atom stereocenters. The first kappa shape index (κ1) is 15.9. The van der Waals surface area contributed by atoms with Gasteiger partial charge in [-0.1, -0.05) is 18.9 Å². The van der Waals surface area contributed by atoms with Crippen LogP contribution in [-0.4, -0.2) is 17.4 Å². The molecule has 5 aliphatic rings. The van der Waals surface area contributed by atoms with E-state index in [9.17, 15) is 5.11 Å². The molecule has 0 aromatic heterocycles. The summed E-state index contributed by atoms with van der Waals surface area (Å²) >= 11 is 0. The van der Waals surface area contributed by atoms with Crippen molar-refractivity contribution in [2.24, 2.45) is 22.7 Å². The highest BCUT2D eigenvalue weighted by molar-refractivity contribution is 5.85. The number of aryl methyl sites for hydroxylation is 1. The molecule has 0 aliphatic heterocycles. The first-order chi connectivity index (χ1) is 12.1. The standard InChI is InChI=1S/C23H31NO/c1-15-6-19(14-24-20-4-2-3-5-20)22(25)21(7-15)23-11-16-8-17(12-23)10-18(9-16)13-23/h6-7,14,16-18,20,25H,2-5,8-13H2,1H3. The monoisotopic (exact) mass is 337 g/mol. The van der Waals surface area contributed by atoms with Gasteiger partial charge in [0.15, 0.2) is 0 Å². The molecule has 0 heterocycles. The normalized spacial score (nSPS) is 37.4. The number of benzene rings is 1. The molecule has 5 saturated carbocycles. The predicted molar refractivity (Wildman–Crippen MR) is 103 cm³/mol. The molecule has 0 atom stereocenters. The Hall–Kier alpha value is -1.31. The molecule has 1 N–H and O–H groups in total. The summed E-state index contributed by atoms with van der Waals surface area (Å²) in [6.45, 7) is 2.18. The van der Waals surface area contributed by atoms with E-state index >= 15 is 0 Å². The highest BCUT2D eigenvalue weighted by Crippen LogP contribution is 2.62. The summed E-state index contributed by atoms with van der Waals surface area (Å²) in [6.07, 6.45) is 15.3. The SMILES string of the molecule is Cc1cc(C=NC2CCCC2)c(O)c(C23CC4CC(CC(C4)C2)C3)c1. The van der Waals surface area contributed by atoms with Crippen LogP contribution in [0.1, 0.15) is 80.9 Å². The Balaban J connectivity index is 1.51. The minimum atomic E-state index is 0.251. The van der Waals surface area contributed by atoms with Crippen molar-refractivity contribution < 1.29 is 5.11 Å². The third-order valence-corrected chi connectivity index (χ3v) is 7.64. The first-order valence-electron chi connectivity index (χ1n) is 10.5. The lowest BCUT2D eigenvalue weighted by Gasteiger charge is -2.57. The third kappa shape index (κ3) is 2.73. The van der Waals surface area contributed by atoms with Gasteiger partial charge in [0, 0.05) is 23.4 Å². The van der Waals surface area contributed by atoms with Crippen molar-refractivity contribution in [1.29, 1.82) is 0 Å². The summed E-state index contributed by atoms with van der Waals surface area (Å²) in [6, 6.07) is 4.88. The van der Waals surface area contributed by atoms with Gasteiger partial charge in [-0.3, -0.25) is 4.99 Å². The van der Waals surface area contributed by atoms with Gasteiger partial charge in [-0.05, 0) is 93.1 Å². The van der Waals surface area contributed by atoms with Crippen LogP contribution < -0.4 is 0 Å². The number of rotatable bonds is 3. The number of phenolic OH excluding ortho intramolecular Hbond substituents is 1. The number of hydrogen-bond donors (Lipinski definition) is 1. The zero-order chi connectivity index (χ0) is 17.0. The Labute approximate surface area is 151 Å². The van der Waals surface area contributed by atoms with Gasteiger partial charge >= 0.3 is 0 Å². The van der Waals surface area contributed by atoms with E-state index in [1.807, 2.05) is 6.21 Å². The summed E-state index contributed by atoms with van der Waals surface area (Å²) in [7, 11) is 0. The number of phenols is 1. The Morgan fingerprint density at radius 2 is 1.60 bits per heavy atom. The molecule has 0 saturated heterocycles. The van der Waals surface area contributed by atoms with Gasteiger partial charge in [0.1, 0.15) is 5.75 Å². The maximum absolute atomic E-state index is 11.2. The summed E-state index contributed by atoms with van der Waals surface area (Å²) < 4.78 is 0. The minimum Gasteiger partial charge on any atom is -0.507 e. The quantitative estimate of drug-likeness (QED) is 0.723. The molecule has 1 aromatic rings. The maximum Gasteiger partial charge on any atom is 0.128 e. The molecular weight excluding hydrogens is 306 g/mol. The molecule has 5 aliphatic carbocycles. The van der Waals surface area contributed by atoms with Crippen LogP contribution >= 0.6 is 0 Å². The summed E-state index contributed by atoms with van der Waals surface area (Å²) in [4.78, 5) is 4.80. The van der Waals surface area contributed by atoms with Gasteiger partial charge in [-0.2, -0.15) is 0 Å². The van der Waals surface area contributed by atoms with Crippen molar-refractivity contribution in [3.05, 3.63) is 28.8 Å². The van der Waals surface area contributed by atoms with Crippen LogP contribution in [0, 0.1) is 24.7 Å². The van der Waals surface area contributed by atoms with Crippen LogP contribution in [0.5, 0.6) is 5.75 Å². The van der Waals surface area contributed by atoms with Gasteiger partial charge in [0.05, 0.1) is 0 Å². The molecule has 25 heavy (non-hydrogen) atoms. The second-order valence-electron chi connectivity index (χ2n) is 9.66. The minimum absolute atomic E-state index is 0.251. The van der Waals surface area contributed by atoms with Gasteiger partial charge in [-0.25, -0.2) is 0 Å². The van der Waals surface area contributed by atoms with Crippen LogP contribution in [0.25, 0.3) is 0 Å². The lowest BCUT2D eigenvalue weighted by atomic mass is 9.48. The number of hydrogen-bond acceptors (Lipinski definition) is 2. The van der Waals surface area contributed by atoms with E-state index in [0.29, 0.717) is 11.8 Å². The van der Waals surface area contributed by atoms with Crippen LogP contribution in [0.3, 0.4) is 0 Å². The van der Waals surface area contributed by atoms with E-state index in [2.05, 4.69) is 19.1 Å². The topological polar surface area (TPSA) is 32.6 Å². The van der Waals surface area contributed by atoms with Gasteiger partial charge in [0.25, 0.3) is 0 Å². The molecule has 1 aromatic carbocycles. The number of aliphatic imine (C=N–C) groups is 1. The molecule has 5 fully saturated rings. The van der Waals surface area contributed by atoms with Gasteiger partial charge in [-0.15, -0.1) is 0 Å². The number of aromatic hydroxyl groups is 1. The average Bonchev–Trinajstić information content (AvgIpc) is 3.07. The van der Waals surface area contributed by atoms with E-state index in [0.717, 1.165) is 23.3 Å². The zero-order valence-electron chi connectivity index (χ0n) is 15.5. The van der Waals surface area contributed by atoms with Crippen LogP contribution in [0.4, 0.5) is 0 Å². The highest BCUT2D eigenvalue weighted by atomic mass is 16.3. The van der Waals surface area contributed by atoms with E-state index in [1.54, 1.807) is 0 Å². The van der Waals surface area contributed by atoms with Crippen molar-refractivity contribution in [3.63, 3.8) is 0 Å². The smallest absolute Gasteiger partial charge is 0.128 e. The third-order valence-electron chi connectivity index (χ3n) is 7.64. The number of nitrogens with zero attached hydrogens (tertiary/aromatic N) is 1. The summed E-state index contributed by atoms with van der Waals surface area (Å²) in [5, 5.41) is 11.2. The van der Waals surface area contributed by atoms with E-state index in [-0.39, 0.29) is 5.41 Å². The summed E-state index contributed by atoms with van der Waals surface area (Å²) in [5.41, 5.74) is 3.73. The van der Waals surface area contributed by atoms with Crippen molar-refractivity contribution in [2.75, 3.05) is 0 Å². The van der Waals surface area contributed by atoms with E-state index in [4.69, 9.17) is 4.99 Å². The largest absolute Gasteiger partial charge is 0.507 e. The lowest BCUT2D eigenvalue weighted by molar-refractivity contribution is -0.00616. The predicted octanol–water partition coefficient (Wildman–Crippen LogP) is 5.53. The average molecular weight is 338 g/mol. The fraction of sp³-hybridized carbons (Fsp3) is 0.696. The molecule has 0 amide bonds. The molecule has 0 spiro atoms. The van der Waals surface area contributed by atoms with Gasteiger partial charge in [0.2, 0.25) is 0 Å². The molecular formula is C23H31NO. The Kier molecular flexibility index (Phi) is 3.73. The molecule has 2 heteroatoms. The Morgan fingerprint density at radius 1 is 1.00 bits per heavy atom. The summed E-state index contributed by atoms with van der Waals surface area (Å²) in [5.74, 6) is 3.25. The fourth-order valence-corrected chi connectivity index (χ4v) is 6.99. The molecule has 6 rings (SSSR count). The first-order valence-corrected chi connectivity index (χ1v) is 10.5. The van der Waals surface area contributed by atoms with Crippen LogP contribution in [0.2, 0.25) is 0 Å². The van der Waals surface area contributed by atoms with Crippen molar-refractivity contribution in [1.82, 2.24) is 0 Å². The zero-order valence-corrected chi connectivity index (χ0v) is 15.5. The van der Waals surface area contributed by atoms with Gasteiger partial charge < -0.3 is 5.11 Å². The van der Waals surface area contributed by atoms with Crippen LogP contribution in [-0.2, 0) is 5.41 Å². The van der Waals surface area contributed by atoms with Crippen molar-refractivity contribution in [3.8, 4) is 5.75 Å². The second-order valence-corrected chi connectivity index (χ2v) is 9.66. The second kappa shape index (κ2) is 5.86. The van der Waals surface area contributed by atoms with Crippen molar-refractivity contribution in [2.45, 2.75) is 82.6 Å². The lowest BCUT2D eigenvalue weighted by Crippen LogP contribution is -2.48. The Morgan fingerprint density at radius 3 is 2.20 bits per heavy atom. The van der Waals surface area contributed by atoms with Crippen molar-refractivity contribution >= 4 is 6.21 Å². The van der Waals surface area contributed by atoms with Crippen LogP contribution in [0.15, 0.2) is 17.1 Å². The molecule has 2 nitrogen and oxygen atoms in total.